The van der Waals surface area contributed by atoms with E-state index in [1.165, 1.54) is 49.9 Å². The number of carbonyl (C=O) groups is 1. The van der Waals surface area contributed by atoms with E-state index in [9.17, 15) is 4.79 Å². The fourth-order valence-corrected chi connectivity index (χ4v) is 6.81. The third-order valence-corrected chi connectivity index (χ3v) is 8.95. The first-order valence-electron chi connectivity index (χ1n) is 11.4. The van der Waals surface area contributed by atoms with Crippen molar-refractivity contribution in [3.05, 3.63) is 59.5 Å². The fraction of sp³-hybridized carbons (Fsp3) is 0.440. The maximum absolute atomic E-state index is 13.2. The Hall–Kier alpha value is -2.23. The van der Waals surface area contributed by atoms with Crippen LogP contribution in [0.3, 0.4) is 0 Å². The van der Waals surface area contributed by atoms with Gasteiger partial charge in [-0.15, -0.1) is 0 Å². The van der Waals surface area contributed by atoms with E-state index in [4.69, 9.17) is 0 Å². The normalized spacial score (nSPS) is 26.1. The molecule has 4 heterocycles. The highest BCUT2D eigenvalue weighted by atomic mass is 31.1. The van der Waals surface area contributed by atoms with Gasteiger partial charge in [0, 0.05) is 36.9 Å². The number of hydrogen-bond acceptors (Lipinski definition) is 3. The van der Waals surface area contributed by atoms with Crippen LogP contribution in [0.25, 0.3) is 16.2 Å². The molecule has 160 valence electrons. The highest BCUT2D eigenvalue weighted by Gasteiger charge is 2.36. The van der Waals surface area contributed by atoms with E-state index in [-0.39, 0.29) is 11.7 Å². The molecule has 0 spiro atoms. The number of aryl methyl sites for hydroxylation is 1. The van der Waals surface area contributed by atoms with Crippen molar-refractivity contribution in [1.82, 2.24) is 19.6 Å². The molecule has 2 unspecified atom stereocenters. The molecule has 1 amide bonds. The van der Waals surface area contributed by atoms with Gasteiger partial charge in [-0.3, -0.25) is 9.48 Å². The largest absolute Gasteiger partial charge is 0.304 e. The van der Waals surface area contributed by atoms with Gasteiger partial charge < -0.3 is 9.80 Å². The molecule has 1 saturated carbocycles. The number of amides is 1. The lowest BCUT2D eigenvalue weighted by atomic mass is 9.87. The van der Waals surface area contributed by atoms with Crippen molar-refractivity contribution in [1.29, 1.82) is 0 Å². The van der Waals surface area contributed by atoms with Crippen molar-refractivity contribution < 1.29 is 4.79 Å². The molecule has 1 aromatic carbocycles. The lowest BCUT2D eigenvalue weighted by Gasteiger charge is -2.39. The second kappa shape index (κ2) is 7.43. The number of carbonyl (C=O) groups excluding carboxylic acids is 1. The predicted molar refractivity (Wildman–Crippen MR) is 127 cm³/mol. The topological polar surface area (TPSA) is 41.4 Å². The summed E-state index contributed by atoms with van der Waals surface area (Å²) >= 11 is 0. The van der Waals surface area contributed by atoms with Gasteiger partial charge in [-0.25, -0.2) is 0 Å². The smallest absolute Gasteiger partial charge is 0.252 e. The van der Waals surface area contributed by atoms with Gasteiger partial charge in [0.2, 0.25) is 0 Å². The van der Waals surface area contributed by atoms with Crippen LogP contribution in [0.5, 0.6) is 0 Å². The van der Waals surface area contributed by atoms with Crippen LogP contribution >= 0.6 is 8.58 Å². The Kier molecular flexibility index (Phi) is 4.66. The van der Waals surface area contributed by atoms with E-state index in [1.54, 1.807) is 0 Å². The van der Waals surface area contributed by atoms with E-state index < -0.39 is 0 Å². The number of nitrogens with zero attached hydrogens (tertiary/aromatic N) is 4. The SMILES string of the molecule is CC1=CC(C2CCN(C3CC3)CC2)=CN2C(=O)C=C(c3ccc4nn(C)cc4c3)PC12. The minimum Gasteiger partial charge on any atom is -0.304 e. The molecule has 0 N–H and O–H groups in total. The van der Waals surface area contributed by atoms with Gasteiger partial charge in [0.15, 0.2) is 0 Å². The van der Waals surface area contributed by atoms with Crippen molar-refractivity contribution in [2.75, 3.05) is 13.1 Å². The molecular formula is C25H29N4OP. The molecule has 1 aromatic heterocycles. The van der Waals surface area contributed by atoms with E-state index in [2.05, 4.69) is 47.4 Å². The summed E-state index contributed by atoms with van der Waals surface area (Å²) in [7, 11) is 2.50. The van der Waals surface area contributed by atoms with Gasteiger partial charge in [0.25, 0.3) is 5.91 Å². The quantitative estimate of drug-likeness (QED) is 0.672. The Morgan fingerprint density at radius 3 is 2.68 bits per heavy atom. The molecule has 6 heteroatoms. The first kappa shape index (κ1) is 19.5. The Bertz CT molecular complexity index is 1150. The Balaban J connectivity index is 1.24. The molecule has 6 rings (SSSR count). The molecule has 1 aliphatic carbocycles. The van der Waals surface area contributed by atoms with Crippen LogP contribution < -0.4 is 0 Å². The molecule has 31 heavy (non-hydrogen) atoms. The molecule has 3 aliphatic heterocycles. The summed E-state index contributed by atoms with van der Waals surface area (Å²) in [5.41, 5.74) is 4.81. The number of allylic oxidation sites excluding steroid dienone is 2. The average molecular weight is 433 g/mol. The van der Waals surface area contributed by atoms with Crippen molar-refractivity contribution in [2.24, 2.45) is 13.0 Å². The van der Waals surface area contributed by atoms with Crippen LogP contribution in [0.4, 0.5) is 0 Å². The lowest BCUT2D eigenvalue weighted by molar-refractivity contribution is -0.123. The highest BCUT2D eigenvalue weighted by molar-refractivity contribution is 7.51. The second-order valence-electron chi connectivity index (χ2n) is 9.49. The molecule has 2 aromatic rings. The number of piperidine rings is 1. The number of fused-ring (bicyclic) bond motifs is 2. The molecule has 1 saturated heterocycles. The standard InChI is InChI=1S/C25H29N4OP/c1-16-11-19(17-7-9-28(10-8-17)21-4-5-21)15-29-24(30)13-23(31-25(16)29)18-3-6-22-20(12-18)14-27(2)26-22/h3,6,11-15,17,21,25,31H,4-5,7-10H2,1-2H3. The third-order valence-electron chi connectivity index (χ3n) is 7.20. The van der Waals surface area contributed by atoms with Crippen LogP contribution in [0.15, 0.2) is 53.9 Å². The van der Waals surface area contributed by atoms with Crippen molar-refractivity contribution >= 4 is 30.7 Å². The van der Waals surface area contributed by atoms with Crippen molar-refractivity contribution in [3.8, 4) is 0 Å². The summed E-state index contributed by atoms with van der Waals surface area (Å²) in [4.78, 5) is 17.8. The highest BCUT2D eigenvalue weighted by Crippen LogP contribution is 2.48. The van der Waals surface area contributed by atoms with Crippen LogP contribution in [0, 0.1) is 5.92 Å². The molecule has 0 bridgehead atoms. The minimum absolute atomic E-state index is 0.116. The van der Waals surface area contributed by atoms with Gasteiger partial charge in [-0.1, -0.05) is 20.7 Å². The zero-order valence-electron chi connectivity index (χ0n) is 18.2. The number of likely N-dealkylation sites (tertiary alicyclic amines) is 1. The monoisotopic (exact) mass is 432 g/mol. The molecule has 4 aliphatic rings. The first-order chi connectivity index (χ1) is 15.0. The average Bonchev–Trinajstić information content (AvgIpc) is 3.55. The number of aromatic nitrogens is 2. The van der Waals surface area contributed by atoms with E-state index in [0.717, 1.165) is 27.8 Å². The van der Waals surface area contributed by atoms with Crippen LogP contribution in [0.1, 0.15) is 38.2 Å². The summed E-state index contributed by atoms with van der Waals surface area (Å²) in [5.74, 6) is 0.859. The van der Waals surface area contributed by atoms with Gasteiger partial charge in [-0.2, -0.15) is 5.10 Å². The fourth-order valence-electron chi connectivity index (χ4n) is 5.34. The van der Waals surface area contributed by atoms with Gasteiger partial charge in [0.05, 0.1) is 11.3 Å². The zero-order valence-corrected chi connectivity index (χ0v) is 19.2. The number of rotatable bonds is 3. The summed E-state index contributed by atoms with van der Waals surface area (Å²) in [6, 6.07) is 7.19. The third kappa shape index (κ3) is 3.58. The van der Waals surface area contributed by atoms with Crippen molar-refractivity contribution in [2.45, 2.75) is 44.4 Å². The van der Waals surface area contributed by atoms with E-state index in [0.29, 0.717) is 14.5 Å². The van der Waals surface area contributed by atoms with E-state index >= 15 is 0 Å². The Morgan fingerprint density at radius 1 is 1.10 bits per heavy atom. The van der Waals surface area contributed by atoms with Crippen LogP contribution in [-0.2, 0) is 11.8 Å². The summed E-state index contributed by atoms with van der Waals surface area (Å²) in [6.45, 7) is 4.62. The number of benzene rings is 1. The molecule has 2 fully saturated rings. The zero-order chi connectivity index (χ0) is 21.1. The molecule has 0 radical (unpaired) electrons. The first-order valence-corrected chi connectivity index (χ1v) is 12.5. The summed E-state index contributed by atoms with van der Waals surface area (Å²) in [5, 5.41) is 6.74. The van der Waals surface area contributed by atoms with Crippen LogP contribution in [0.2, 0.25) is 0 Å². The van der Waals surface area contributed by atoms with Crippen molar-refractivity contribution in [3.63, 3.8) is 0 Å². The maximum atomic E-state index is 13.2. The van der Waals surface area contributed by atoms with Crippen LogP contribution in [-0.4, -0.2) is 50.4 Å². The minimum atomic E-state index is 0.116. The Morgan fingerprint density at radius 2 is 1.90 bits per heavy atom. The number of hydrogen-bond donors (Lipinski definition) is 0. The van der Waals surface area contributed by atoms with Gasteiger partial charge in [-0.05, 0) is 85.8 Å². The Labute approximate surface area is 185 Å². The van der Waals surface area contributed by atoms with Gasteiger partial charge in [0.1, 0.15) is 0 Å². The maximum Gasteiger partial charge on any atom is 0.252 e. The van der Waals surface area contributed by atoms with E-state index in [1.807, 2.05) is 28.9 Å². The lowest BCUT2D eigenvalue weighted by Crippen LogP contribution is -2.40. The molecule has 2 atom stereocenters. The molecular weight excluding hydrogens is 403 g/mol. The second-order valence-corrected chi connectivity index (χ2v) is 10.9. The summed E-state index contributed by atoms with van der Waals surface area (Å²) in [6.07, 6.45) is 13.7. The predicted octanol–water partition coefficient (Wildman–Crippen LogP) is 4.48. The summed E-state index contributed by atoms with van der Waals surface area (Å²) < 4.78 is 1.84. The van der Waals surface area contributed by atoms with Gasteiger partial charge >= 0.3 is 0 Å². The molecule has 5 nitrogen and oxygen atoms in total.